The van der Waals surface area contributed by atoms with Gasteiger partial charge in [-0.3, -0.25) is 4.79 Å². The predicted molar refractivity (Wildman–Crippen MR) is 81.8 cm³/mol. The van der Waals surface area contributed by atoms with Gasteiger partial charge in [-0.05, 0) is 54.4 Å². The Morgan fingerprint density at radius 1 is 1.50 bits per heavy atom. The van der Waals surface area contributed by atoms with Gasteiger partial charge >= 0.3 is 0 Å². The average Bonchev–Trinajstić information content (AvgIpc) is 3.15. The van der Waals surface area contributed by atoms with Crippen LogP contribution in [0.5, 0.6) is 0 Å². The molecule has 0 saturated carbocycles. The summed E-state index contributed by atoms with van der Waals surface area (Å²) in [5.74, 6) is 0.301. The summed E-state index contributed by atoms with van der Waals surface area (Å²) in [5, 5.41) is 11.3. The fraction of sp³-hybridized carbons (Fsp3) is 0.429. The molecule has 8 heteroatoms. The van der Waals surface area contributed by atoms with Crippen LogP contribution in [0.1, 0.15) is 23.7 Å². The van der Waals surface area contributed by atoms with Crippen LogP contribution in [0, 0.1) is 5.92 Å². The van der Waals surface area contributed by atoms with Gasteiger partial charge in [0.25, 0.3) is 5.91 Å². The molecule has 116 valence electrons. The number of rotatable bonds is 3. The first-order valence-corrected chi connectivity index (χ1v) is 7.52. The summed E-state index contributed by atoms with van der Waals surface area (Å²) >= 11 is 6.28. The van der Waals surface area contributed by atoms with E-state index in [4.69, 9.17) is 17.3 Å². The lowest BCUT2D eigenvalue weighted by Gasteiger charge is -2.22. The molecule has 0 aliphatic carbocycles. The van der Waals surface area contributed by atoms with Crippen LogP contribution >= 0.6 is 11.6 Å². The number of tetrazole rings is 1. The maximum Gasteiger partial charge on any atom is 0.255 e. The van der Waals surface area contributed by atoms with Gasteiger partial charge in [-0.15, -0.1) is 5.10 Å². The van der Waals surface area contributed by atoms with Crippen molar-refractivity contribution in [3.05, 3.63) is 35.1 Å². The molecule has 2 aromatic rings. The van der Waals surface area contributed by atoms with E-state index >= 15 is 0 Å². The van der Waals surface area contributed by atoms with Gasteiger partial charge in [0, 0.05) is 12.6 Å². The number of nitrogens with two attached hydrogens (primary N) is 1. The highest BCUT2D eigenvalue weighted by Gasteiger charge is 2.32. The van der Waals surface area contributed by atoms with Crippen LogP contribution in [0.3, 0.4) is 0 Å². The molecule has 1 fully saturated rings. The highest BCUT2D eigenvalue weighted by Crippen LogP contribution is 2.27. The molecule has 1 aromatic heterocycles. The number of nitrogens with zero attached hydrogens (tertiary/aromatic N) is 5. The van der Waals surface area contributed by atoms with Crippen LogP contribution in [0.15, 0.2) is 24.5 Å². The smallest absolute Gasteiger partial charge is 0.255 e. The summed E-state index contributed by atoms with van der Waals surface area (Å²) in [7, 11) is 0. The molecule has 2 N–H and O–H groups in total. The summed E-state index contributed by atoms with van der Waals surface area (Å²) in [4.78, 5) is 14.5. The Balaban J connectivity index is 1.84. The summed E-state index contributed by atoms with van der Waals surface area (Å²) in [6.07, 6.45) is 2.41. The average molecular weight is 321 g/mol. The fourth-order valence-electron chi connectivity index (χ4n) is 2.85. The third-order valence-electron chi connectivity index (χ3n) is 4.05. The Hall–Kier alpha value is -1.99. The number of amides is 1. The summed E-state index contributed by atoms with van der Waals surface area (Å²) in [6.45, 7) is 3.32. The van der Waals surface area contributed by atoms with Crippen molar-refractivity contribution >= 4 is 17.5 Å². The monoisotopic (exact) mass is 320 g/mol. The molecule has 2 heterocycles. The van der Waals surface area contributed by atoms with Gasteiger partial charge in [0.15, 0.2) is 0 Å². The Kier molecular flexibility index (Phi) is 4.08. The number of benzene rings is 1. The normalized spacial score (nSPS) is 21.3. The molecule has 1 aliphatic rings. The van der Waals surface area contributed by atoms with Gasteiger partial charge in [0.1, 0.15) is 6.33 Å². The third-order valence-corrected chi connectivity index (χ3v) is 4.36. The largest absolute Gasteiger partial charge is 0.336 e. The fourth-order valence-corrected chi connectivity index (χ4v) is 3.11. The number of aromatic nitrogens is 4. The molecular formula is C14H17ClN6O. The van der Waals surface area contributed by atoms with Gasteiger partial charge < -0.3 is 10.6 Å². The second kappa shape index (κ2) is 6.02. The molecule has 0 spiro atoms. The first-order valence-electron chi connectivity index (χ1n) is 7.14. The molecule has 0 radical (unpaired) electrons. The zero-order chi connectivity index (χ0) is 15.7. The summed E-state index contributed by atoms with van der Waals surface area (Å²) < 4.78 is 1.49. The minimum atomic E-state index is -0.0586. The highest BCUT2D eigenvalue weighted by atomic mass is 35.5. The summed E-state index contributed by atoms with van der Waals surface area (Å²) in [6, 6.07) is 5.35. The van der Waals surface area contributed by atoms with Crippen molar-refractivity contribution in [1.82, 2.24) is 25.1 Å². The quantitative estimate of drug-likeness (QED) is 0.915. The lowest BCUT2D eigenvalue weighted by Crippen LogP contribution is -2.34. The van der Waals surface area contributed by atoms with Gasteiger partial charge in [0.2, 0.25) is 0 Å². The van der Waals surface area contributed by atoms with E-state index < -0.39 is 0 Å². The molecule has 2 atom stereocenters. The van der Waals surface area contributed by atoms with Crippen LogP contribution in [0.25, 0.3) is 5.69 Å². The Labute approximate surface area is 133 Å². The van der Waals surface area contributed by atoms with Crippen LogP contribution in [0.4, 0.5) is 0 Å². The molecule has 1 aromatic carbocycles. The second-order valence-corrected chi connectivity index (χ2v) is 5.97. The standard InChI is InChI=1S/C14H17ClN6O/c1-9-4-10(6-16)7-20(9)14(22)12-3-2-11(5-13(12)15)21-8-17-18-19-21/h2-3,5,8-10H,4,6-7,16H2,1H3. The van der Waals surface area contributed by atoms with Crippen LogP contribution < -0.4 is 5.73 Å². The summed E-state index contributed by atoms with van der Waals surface area (Å²) in [5.41, 5.74) is 6.91. The van der Waals surface area contributed by atoms with E-state index in [0.717, 1.165) is 6.42 Å². The lowest BCUT2D eigenvalue weighted by molar-refractivity contribution is 0.0743. The number of halogens is 1. The van der Waals surface area contributed by atoms with Crippen LogP contribution in [-0.2, 0) is 0 Å². The van der Waals surface area contributed by atoms with E-state index in [9.17, 15) is 4.79 Å². The van der Waals surface area contributed by atoms with Gasteiger partial charge in [0.05, 0.1) is 16.3 Å². The molecule has 0 bridgehead atoms. The van der Waals surface area contributed by atoms with Crippen molar-refractivity contribution in [3.8, 4) is 5.69 Å². The first kappa shape index (κ1) is 14.9. The van der Waals surface area contributed by atoms with E-state index in [2.05, 4.69) is 15.5 Å². The number of carbonyl (C=O) groups is 1. The van der Waals surface area contributed by atoms with E-state index in [1.165, 1.54) is 11.0 Å². The van der Waals surface area contributed by atoms with Crippen LogP contribution in [-0.4, -0.2) is 50.1 Å². The maximum absolute atomic E-state index is 12.7. The van der Waals surface area contributed by atoms with Crippen molar-refractivity contribution < 1.29 is 4.79 Å². The topological polar surface area (TPSA) is 89.9 Å². The van der Waals surface area contributed by atoms with Crippen LogP contribution in [0.2, 0.25) is 5.02 Å². The molecular weight excluding hydrogens is 304 g/mol. The minimum absolute atomic E-state index is 0.0586. The van der Waals surface area contributed by atoms with Crippen molar-refractivity contribution in [2.24, 2.45) is 11.7 Å². The Morgan fingerprint density at radius 3 is 2.91 bits per heavy atom. The SMILES string of the molecule is CC1CC(CN)CN1C(=O)c1ccc(-n2cnnn2)cc1Cl. The van der Waals surface area contributed by atoms with E-state index in [-0.39, 0.29) is 11.9 Å². The molecule has 1 saturated heterocycles. The van der Waals surface area contributed by atoms with Gasteiger partial charge in [-0.25, -0.2) is 4.68 Å². The molecule has 2 unspecified atom stereocenters. The molecule has 1 amide bonds. The van der Waals surface area contributed by atoms with E-state index in [1.807, 2.05) is 11.8 Å². The predicted octanol–water partition coefficient (Wildman–Crippen LogP) is 1.13. The Bertz CT molecular complexity index is 674. The zero-order valence-electron chi connectivity index (χ0n) is 12.2. The molecule has 22 heavy (non-hydrogen) atoms. The maximum atomic E-state index is 12.7. The van der Waals surface area contributed by atoms with Gasteiger partial charge in [-0.2, -0.15) is 0 Å². The second-order valence-electron chi connectivity index (χ2n) is 5.56. The van der Waals surface area contributed by atoms with E-state index in [0.29, 0.717) is 35.3 Å². The molecule has 3 rings (SSSR count). The highest BCUT2D eigenvalue weighted by molar-refractivity contribution is 6.34. The van der Waals surface area contributed by atoms with Crippen molar-refractivity contribution in [3.63, 3.8) is 0 Å². The number of hydrogen-bond donors (Lipinski definition) is 1. The number of hydrogen-bond acceptors (Lipinski definition) is 5. The number of likely N-dealkylation sites (tertiary alicyclic amines) is 1. The minimum Gasteiger partial charge on any atom is -0.336 e. The van der Waals surface area contributed by atoms with Crippen molar-refractivity contribution in [2.45, 2.75) is 19.4 Å². The first-order chi connectivity index (χ1) is 10.6. The van der Waals surface area contributed by atoms with Gasteiger partial charge in [-0.1, -0.05) is 11.6 Å². The Morgan fingerprint density at radius 2 is 2.32 bits per heavy atom. The zero-order valence-corrected chi connectivity index (χ0v) is 12.9. The third kappa shape index (κ3) is 2.69. The van der Waals surface area contributed by atoms with Crippen molar-refractivity contribution in [2.75, 3.05) is 13.1 Å². The molecule has 1 aliphatic heterocycles. The van der Waals surface area contributed by atoms with Crippen molar-refractivity contribution in [1.29, 1.82) is 0 Å². The van der Waals surface area contributed by atoms with E-state index in [1.54, 1.807) is 18.2 Å². The number of carbonyl (C=O) groups excluding carboxylic acids is 1. The lowest BCUT2D eigenvalue weighted by atomic mass is 10.1. The molecule has 7 nitrogen and oxygen atoms in total.